The molecular weight excluding hydrogens is 285 g/mol. The Bertz CT molecular complexity index is 851. The molecule has 3 aromatic rings. The van der Waals surface area contributed by atoms with Gasteiger partial charge in [-0.2, -0.15) is 0 Å². The lowest BCUT2D eigenvalue weighted by molar-refractivity contribution is 0.590. The summed E-state index contributed by atoms with van der Waals surface area (Å²) in [6.07, 6.45) is 0. The van der Waals surface area contributed by atoms with Gasteiger partial charge in [0.1, 0.15) is 17.2 Å². The average molecular weight is 294 g/mol. The van der Waals surface area contributed by atoms with Crippen LogP contribution in [0, 0.1) is 22.2 Å². The van der Waals surface area contributed by atoms with Crippen LogP contribution >= 0.6 is 12.2 Å². The van der Waals surface area contributed by atoms with Crippen molar-refractivity contribution in [3.63, 3.8) is 0 Å². The number of benzene rings is 2. The van der Waals surface area contributed by atoms with E-state index in [4.69, 9.17) is 12.2 Å². The smallest absolute Gasteiger partial charge is 0.178 e. The number of nitrogens with one attached hydrogen (secondary N) is 1. The third-order valence-corrected chi connectivity index (χ3v) is 3.35. The Balaban J connectivity index is 2.16. The molecule has 2 nitrogen and oxygen atoms in total. The molecule has 2 aromatic carbocycles. The molecule has 6 heteroatoms. The Hall–Kier alpha value is -2.08. The van der Waals surface area contributed by atoms with Gasteiger partial charge in [-0.3, -0.25) is 0 Å². The van der Waals surface area contributed by atoms with Crippen LogP contribution in [0.1, 0.15) is 5.56 Å². The molecular formula is C14H9F3N2S. The van der Waals surface area contributed by atoms with Crippen molar-refractivity contribution < 1.29 is 13.2 Å². The van der Waals surface area contributed by atoms with E-state index in [1.807, 2.05) is 0 Å². The standard InChI is InChI=1S/C14H9F3N2S/c15-9-3-1-2-8(4-9)7-19-12-6-10(16)5-11(17)13(12)18-14(19)20/h1-6H,7H2,(H,18,20). The third kappa shape index (κ3) is 2.22. The molecule has 3 rings (SSSR count). The second-order valence-corrected chi connectivity index (χ2v) is 4.81. The molecule has 0 radical (unpaired) electrons. The van der Waals surface area contributed by atoms with Gasteiger partial charge in [0, 0.05) is 6.07 Å². The summed E-state index contributed by atoms with van der Waals surface area (Å²) in [5, 5.41) is 0. The highest BCUT2D eigenvalue weighted by Gasteiger charge is 2.11. The number of hydrogen-bond donors (Lipinski definition) is 1. The van der Waals surface area contributed by atoms with Gasteiger partial charge in [0.25, 0.3) is 0 Å². The van der Waals surface area contributed by atoms with Gasteiger partial charge in [-0.05, 0) is 36.0 Å². The zero-order valence-electron chi connectivity index (χ0n) is 10.2. The van der Waals surface area contributed by atoms with Crippen molar-refractivity contribution in [3.8, 4) is 0 Å². The topological polar surface area (TPSA) is 20.7 Å². The summed E-state index contributed by atoms with van der Waals surface area (Å²) < 4.78 is 41.9. The molecule has 0 atom stereocenters. The van der Waals surface area contributed by atoms with Crippen LogP contribution in [0.2, 0.25) is 0 Å². The Labute approximate surface area is 117 Å². The number of aromatic nitrogens is 2. The van der Waals surface area contributed by atoms with E-state index in [-0.39, 0.29) is 22.6 Å². The summed E-state index contributed by atoms with van der Waals surface area (Å²) in [6.45, 7) is 0.236. The maximum absolute atomic E-state index is 13.7. The molecule has 0 aliphatic rings. The zero-order chi connectivity index (χ0) is 14.3. The van der Waals surface area contributed by atoms with Gasteiger partial charge in [0.2, 0.25) is 0 Å². The van der Waals surface area contributed by atoms with E-state index in [1.165, 1.54) is 22.8 Å². The molecule has 0 bridgehead atoms. The first-order valence-electron chi connectivity index (χ1n) is 5.86. The zero-order valence-corrected chi connectivity index (χ0v) is 11.0. The molecule has 0 aliphatic carbocycles. The molecule has 0 spiro atoms. The largest absolute Gasteiger partial charge is 0.328 e. The van der Waals surface area contributed by atoms with Gasteiger partial charge in [-0.15, -0.1) is 0 Å². The van der Waals surface area contributed by atoms with Crippen LogP contribution in [0.4, 0.5) is 13.2 Å². The van der Waals surface area contributed by atoms with Crippen molar-refractivity contribution >= 4 is 23.3 Å². The first kappa shape index (κ1) is 12.9. The van der Waals surface area contributed by atoms with Gasteiger partial charge < -0.3 is 9.55 Å². The SMILES string of the molecule is Fc1cccc(Cn2c(=S)[nH]c3c(F)cc(F)cc32)c1. The number of halogens is 3. The third-order valence-electron chi connectivity index (χ3n) is 3.03. The van der Waals surface area contributed by atoms with Crippen molar-refractivity contribution in [2.45, 2.75) is 6.54 Å². The Morgan fingerprint density at radius 1 is 1.05 bits per heavy atom. The van der Waals surface area contributed by atoms with Gasteiger partial charge in [-0.1, -0.05) is 12.1 Å². The normalized spacial score (nSPS) is 11.2. The summed E-state index contributed by atoms with van der Waals surface area (Å²) in [7, 11) is 0. The number of aromatic amines is 1. The minimum Gasteiger partial charge on any atom is -0.328 e. The molecule has 1 aromatic heterocycles. The monoisotopic (exact) mass is 294 g/mol. The molecule has 1 heterocycles. The lowest BCUT2D eigenvalue weighted by Crippen LogP contribution is -2.00. The quantitative estimate of drug-likeness (QED) is 0.704. The van der Waals surface area contributed by atoms with Crippen molar-refractivity contribution in [2.75, 3.05) is 0 Å². The van der Waals surface area contributed by atoms with Crippen LogP contribution in [-0.4, -0.2) is 9.55 Å². The van der Waals surface area contributed by atoms with Crippen LogP contribution < -0.4 is 0 Å². The summed E-state index contributed by atoms with van der Waals surface area (Å²) >= 11 is 5.11. The number of nitrogens with zero attached hydrogens (tertiary/aromatic N) is 1. The van der Waals surface area contributed by atoms with E-state index >= 15 is 0 Å². The first-order chi connectivity index (χ1) is 9.54. The maximum atomic E-state index is 13.7. The summed E-state index contributed by atoms with van der Waals surface area (Å²) in [6, 6.07) is 7.97. The molecule has 20 heavy (non-hydrogen) atoms. The Kier molecular flexibility index (Phi) is 3.10. The fourth-order valence-corrected chi connectivity index (χ4v) is 2.42. The summed E-state index contributed by atoms with van der Waals surface area (Å²) in [5.74, 6) is -1.76. The van der Waals surface area contributed by atoms with E-state index in [0.717, 1.165) is 6.07 Å². The molecule has 1 N–H and O–H groups in total. The van der Waals surface area contributed by atoms with Crippen molar-refractivity contribution in [1.82, 2.24) is 9.55 Å². The Morgan fingerprint density at radius 3 is 2.60 bits per heavy atom. The molecule has 0 fully saturated rings. The maximum Gasteiger partial charge on any atom is 0.178 e. The fraction of sp³-hybridized carbons (Fsp3) is 0.0714. The highest BCUT2D eigenvalue weighted by molar-refractivity contribution is 7.71. The number of imidazole rings is 1. The minimum atomic E-state index is -0.705. The summed E-state index contributed by atoms with van der Waals surface area (Å²) in [4.78, 5) is 2.70. The predicted molar refractivity (Wildman–Crippen MR) is 72.5 cm³/mol. The minimum absolute atomic E-state index is 0.146. The lowest BCUT2D eigenvalue weighted by Gasteiger charge is -2.05. The van der Waals surface area contributed by atoms with Crippen molar-refractivity contribution in [3.05, 3.63) is 64.2 Å². The van der Waals surface area contributed by atoms with Gasteiger partial charge in [0.15, 0.2) is 10.6 Å². The lowest BCUT2D eigenvalue weighted by atomic mass is 10.2. The fourth-order valence-electron chi connectivity index (χ4n) is 2.16. The van der Waals surface area contributed by atoms with Crippen LogP contribution in [0.3, 0.4) is 0 Å². The average Bonchev–Trinajstić information content (AvgIpc) is 2.68. The van der Waals surface area contributed by atoms with Gasteiger partial charge in [0.05, 0.1) is 12.1 Å². The van der Waals surface area contributed by atoms with Gasteiger partial charge >= 0.3 is 0 Å². The summed E-state index contributed by atoms with van der Waals surface area (Å²) in [5.41, 5.74) is 1.12. The van der Waals surface area contributed by atoms with E-state index in [2.05, 4.69) is 4.98 Å². The molecule has 0 saturated heterocycles. The number of hydrogen-bond acceptors (Lipinski definition) is 1. The van der Waals surface area contributed by atoms with Crippen LogP contribution in [0.5, 0.6) is 0 Å². The number of H-pyrrole nitrogens is 1. The van der Waals surface area contributed by atoms with Crippen molar-refractivity contribution in [1.29, 1.82) is 0 Å². The molecule has 0 amide bonds. The van der Waals surface area contributed by atoms with Crippen molar-refractivity contribution in [2.24, 2.45) is 0 Å². The van der Waals surface area contributed by atoms with E-state index in [9.17, 15) is 13.2 Å². The van der Waals surface area contributed by atoms with E-state index in [1.54, 1.807) is 12.1 Å². The van der Waals surface area contributed by atoms with Crippen LogP contribution in [0.25, 0.3) is 11.0 Å². The van der Waals surface area contributed by atoms with Gasteiger partial charge in [-0.25, -0.2) is 13.2 Å². The number of rotatable bonds is 2. The molecule has 0 unspecified atom stereocenters. The second kappa shape index (κ2) is 4.79. The molecule has 102 valence electrons. The van der Waals surface area contributed by atoms with Crippen LogP contribution in [0.15, 0.2) is 36.4 Å². The molecule has 0 aliphatic heterocycles. The predicted octanol–water partition coefficient (Wildman–Crippen LogP) is 4.16. The van der Waals surface area contributed by atoms with E-state index in [0.29, 0.717) is 11.1 Å². The highest BCUT2D eigenvalue weighted by atomic mass is 32.1. The molecule has 0 saturated carbocycles. The second-order valence-electron chi connectivity index (χ2n) is 4.43. The Morgan fingerprint density at radius 2 is 1.85 bits per heavy atom. The number of fused-ring (bicyclic) bond motifs is 1. The first-order valence-corrected chi connectivity index (χ1v) is 6.27. The van der Waals surface area contributed by atoms with E-state index < -0.39 is 11.6 Å². The van der Waals surface area contributed by atoms with Crippen LogP contribution in [-0.2, 0) is 6.54 Å². The highest BCUT2D eigenvalue weighted by Crippen LogP contribution is 2.20.